The van der Waals surface area contributed by atoms with Crippen LogP contribution in [-0.4, -0.2) is 17.4 Å². The van der Waals surface area contributed by atoms with Gasteiger partial charge in [-0.05, 0) is 64.1 Å². The lowest BCUT2D eigenvalue weighted by Gasteiger charge is -2.17. The Morgan fingerprint density at radius 2 is 1.82 bits per heavy atom. The minimum atomic E-state index is -0.0757. The zero-order chi connectivity index (χ0) is 12.9. The molecule has 0 atom stereocenters. The van der Waals surface area contributed by atoms with Gasteiger partial charge in [0.15, 0.2) is 0 Å². The Bertz CT molecular complexity index is 327. The van der Waals surface area contributed by atoms with Gasteiger partial charge in [-0.25, -0.2) is 0 Å². The highest BCUT2D eigenvalue weighted by molar-refractivity contribution is 7.99. The molecule has 96 valence electrons. The summed E-state index contributed by atoms with van der Waals surface area (Å²) >= 11 is 1.84. The predicted octanol–water partition coefficient (Wildman–Crippen LogP) is 3.69. The summed E-state index contributed by atoms with van der Waals surface area (Å²) in [6, 6.07) is 8.25. The van der Waals surface area contributed by atoms with Gasteiger partial charge < -0.3 is 10.5 Å². The van der Waals surface area contributed by atoms with Crippen molar-refractivity contribution in [2.45, 2.75) is 50.7 Å². The second-order valence-electron chi connectivity index (χ2n) is 5.23. The van der Waals surface area contributed by atoms with Gasteiger partial charge in [0, 0.05) is 10.4 Å². The van der Waals surface area contributed by atoms with Crippen molar-refractivity contribution < 1.29 is 4.74 Å². The molecule has 0 bridgehead atoms. The SMILES string of the molecule is CC(C)Oc1ccc(SCCC(C)(C)N)cc1. The molecular formula is C14H23NOS. The fourth-order valence-corrected chi connectivity index (χ4v) is 2.51. The fourth-order valence-electron chi connectivity index (χ4n) is 1.32. The maximum atomic E-state index is 5.95. The van der Waals surface area contributed by atoms with Crippen LogP contribution in [0.2, 0.25) is 0 Å². The van der Waals surface area contributed by atoms with Gasteiger partial charge in [-0.3, -0.25) is 0 Å². The van der Waals surface area contributed by atoms with Crippen LogP contribution in [0, 0.1) is 0 Å². The molecule has 0 heterocycles. The van der Waals surface area contributed by atoms with E-state index in [1.807, 2.05) is 37.7 Å². The molecule has 1 aromatic rings. The zero-order valence-electron chi connectivity index (χ0n) is 11.2. The van der Waals surface area contributed by atoms with E-state index in [1.54, 1.807) is 0 Å². The highest BCUT2D eigenvalue weighted by Gasteiger charge is 2.09. The van der Waals surface area contributed by atoms with Gasteiger partial charge in [-0.15, -0.1) is 11.8 Å². The van der Waals surface area contributed by atoms with Crippen molar-refractivity contribution in [1.29, 1.82) is 0 Å². The molecule has 1 rings (SSSR count). The van der Waals surface area contributed by atoms with Crippen molar-refractivity contribution in [3.8, 4) is 5.75 Å². The van der Waals surface area contributed by atoms with Gasteiger partial charge in [0.2, 0.25) is 0 Å². The second kappa shape index (κ2) is 6.31. The fraction of sp³-hybridized carbons (Fsp3) is 0.571. The molecule has 2 nitrogen and oxygen atoms in total. The van der Waals surface area contributed by atoms with E-state index in [2.05, 4.69) is 26.0 Å². The van der Waals surface area contributed by atoms with Crippen molar-refractivity contribution in [1.82, 2.24) is 0 Å². The summed E-state index contributed by atoms with van der Waals surface area (Å²) in [5.74, 6) is 1.98. The predicted molar refractivity (Wildman–Crippen MR) is 75.8 cm³/mol. The number of hydrogen-bond acceptors (Lipinski definition) is 3. The molecule has 0 fully saturated rings. The number of nitrogens with two attached hydrogens (primary N) is 1. The first-order valence-electron chi connectivity index (χ1n) is 6.05. The molecule has 0 radical (unpaired) electrons. The molecule has 17 heavy (non-hydrogen) atoms. The monoisotopic (exact) mass is 253 g/mol. The molecule has 2 N–H and O–H groups in total. The third kappa shape index (κ3) is 6.59. The van der Waals surface area contributed by atoms with Crippen molar-refractivity contribution in [3.63, 3.8) is 0 Å². The Labute approximate surface area is 109 Å². The summed E-state index contributed by atoms with van der Waals surface area (Å²) in [5.41, 5.74) is 5.87. The third-order valence-corrected chi connectivity index (χ3v) is 3.22. The maximum Gasteiger partial charge on any atom is 0.119 e. The average Bonchev–Trinajstić information content (AvgIpc) is 2.18. The number of benzene rings is 1. The van der Waals surface area contributed by atoms with Crippen LogP contribution in [0.4, 0.5) is 0 Å². The Kier molecular flexibility index (Phi) is 5.34. The number of rotatable bonds is 6. The van der Waals surface area contributed by atoms with Crippen molar-refractivity contribution >= 4 is 11.8 Å². The van der Waals surface area contributed by atoms with Crippen LogP contribution in [0.3, 0.4) is 0 Å². The highest BCUT2D eigenvalue weighted by atomic mass is 32.2. The number of ether oxygens (including phenoxy) is 1. The molecule has 0 aromatic heterocycles. The van der Waals surface area contributed by atoms with Crippen molar-refractivity contribution in [2.24, 2.45) is 5.73 Å². The van der Waals surface area contributed by atoms with E-state index in [9.17, 15) is 0 Å². The van der Waals surface area contributed by atoms with Gasteiger partial charge in [0.1, 0.15) is 5.75 Å². The molecule has 0 aliphatic heterocycles. The zero-order valence-corrected chi connectivity index (χ0v) is 12.0. The summed E-state index contributed by atoms with van der Waals surface area (Å²) < 4.78 is 5.60. The lowest BCUT2D eigenvalue weighted by Crippen LogP contribution is -2.32. The minimum absolute atomic E-state index is 0.0757. The first-order valence-corrected chi connectivity index (χ1v) is 7.04. The van der Waals surface area contributed by atoms with Gasteiger partial charge in [0.25, 0.3) is 0 Å². The maximum absolute atomic E-state index is 5.95. The summed E-state index contributed by atoms with van der Waals surface area (Å²) in [4.78, 5) is 1.27. The Balaban J connectivity index is 2.40. The summed E-state index contributed by atoms with van der Waals surface area (Å²) in [5, 5.41) is 0. The van der Waals surface area contributed by atoms with Crippen LogP contribution in [0.5, 0.6) is 5.75 Å². The summed E-state index contributed by atoms with van der Waals surface area (Å²) in [7, 11) is 0. The molecule has 0 aliphatic rings. The van der Waals surface area contributed by atoms with Crippen LogP contribution >= 0.6 is 11.8 Å². The molecule has 0 saturated carbocycles. The van der Waals surface area contributed by atoms with Crippen LogP contribution in [0.1, 0.15) is 34.1 Å². The Hall–Kier alpha value is -0.670. The lowest BCUT2D eigenvalue weighted by atomic mass is 10.0. The molecule has 0 aliphatic carbocycles. The molecule has 0 saturated heterocycles. The van der Waals surface area contributed by atoms with E-state index >= 15 is 0 Å². The first kappa shape index (κ1) is 14.4. The second-order valence-corrected chi connectivity index (χ2v) is 6.39. The van der Waals surface area contributed by atoms with Crippen LogP contribution in [0.25, 0.3) is 0 Å². The van der Waals surface area contributed by atoms with Crippen molar-refractivity contribution in [3.05, 3.63) is 24.3 Å². The van der Waals surface area contributed by atoms with Crippen LogP contribution in [-0.2, 0) is 0 Å². The van der Waals surface area contributed by atoms with Gasteiger partial charge in [-0.1, -0.05) is 0 Å². The average molecular weight is 253 g/mol. The highest BCUT2D eigenvalue weighted by Crippen LogP contribution is 2.23. The number of thioether (sulfide) groups is 1. The van der Waals surface area contributed by atoms with E-state index < -0.39 is 0 Å². The molecule has 0 amide bonds. The van der Waals surface area contributed by atoms with Gasteiger partial charge >= 0.3 is 0 Å². The normalized spacial score (nSPS) is 11.9. The number of hydrogen-bond donors (Lipinski definition) is 1. The molecule has 0 spiro atoms. The smallest absolute Gasteiger partial charge is 0.119 e. The van der Waals surface area contributed by atoms with Crippen LogP contribution < -0.4 is 10.5 Å². The van der Waals surface area contributed by atoms with Crippen LogP contribution in [0.15, 0.2) is 29.2 Å². The first-order chi connectivity index (χ1) is 7.87. The van der Waals surface area contributed by atoms with E-state index in [-0.39, 0.29) is 11.6 Å². The molecular weight excluding hydrogens is 230 g/mol. The Morgan fingerprint density at radius 3 is 2.29 bits per heavy atom. The van der Waals surface area contributed by atoms with Gasteiger partial charge in [-0.2, -0.15) is 0 Å². The molecule has 3 heteroatoms. The standard InChI is InChI=1S/C14H23NOS/c1-11(2)16-12-5-7-13(8-6-12)17-10-9-14(3,4)15/h5-8,11H,9-10,15H2,1-4H3. The summed E-state index contributed by atoms with van der Waals surface area (Å²) in [6.45, 7) is 8.19. The summed E-state index contributed by atoms with van der Waals surface area (Å²) in [6.07, 6.45) is 1.24. The van der Waals surface area contributed by atoms with E-state index in [0.717, 1.165) is 17.9 Å². The molecule has 1 aromatic carbocycles. The Morgan fingerprint density at radius 1 is 1.24 bits per heavy atom. The largest absolute Gasteiger partial charge is 0.491 e. The quantitative estimate of drug-likeness (QED) is 0.785. The van der Waals surface area contributed by atoms with E-state index in [0.29, 0.717) is 0 Å². The van der Waals surface area contributed by atoms with E-state index in [4.69, 9.17) is 10.5 Å². The van der Waals surface area contributed by atoms with E-state index in [1.165, 1.54) is 4.90 Å². The lowest BCUT2D eigenvalue weighted by molar-refractivity contribution is 0.242. The topological polar surface area (TPSA) is 35.2 Å². The van der Waals surface area contributed by atoms with Gasteiger partial charge in [0.05, 0.1) is 6.10 Å². The minimum Gasteiger partial charge on any atom is -0.491 e. The van der Waals surface area contributed by atoms with Crippen molar-refractivity contribution in [2.75, 3.05) is 5.75 Å². The third-order valence-electron chi connectivity index (χ3n) is 2.21. The molecule has 0 unspecified atom stereocenters.